The average Bonchev–Trinajstić information content (AvgIpc) is 3.48. The Kier molecular flexibility index (Phi) is 9.47. The van der Waals surface area contributed by atoms with E-state index in [1.54, 1.807) is 43.2 Å². The Morgan fingerprint density at radius 3 is 2.55 bits per heavy atom. The Morgan fingerprint density at radius 2 is 1.87 bits per heavy atom. The van der Waals surface area contributed by atoms with E-state index in [0.29, 0.717) is 55.6 Å². The number of unbranched alkanes of at least 4 members (excludes halogenated alkanes) is 2. The molecule has 0 aliphatic carbocycles. The summed E-state index contributed by atoms with van der Waals surface area (Å²) in [5.41, 5.74) is 0.660. The fourth-order valence-electron chi connectivity index (χ4n) is 4.95. The van der Waals surface area contributed by atoms with Crippen LogP contribution in [-0.2, 0) is 9.53 Å². The Balaban J connectivity index is 1.62. The van der Waals surface area contributed by atoms with Gasteiger partial charge in [0.1, 0.15) is 5.76 Å². The molecule has 1 aromatic heterocycles. The molecule has 1 amide bonds. The molecule has 1 aromatic carbocycles. The number of aryl methyl sites for hydroxylation is 1. The fourth-order valence-corrected chi connectivity index (χ4v) is 4.95. The van der Waals surface area contributed by atoms with Gasteiger partial charge in [-0.2, -0.15) is 0 Å². The number of furan rings is 1. The highest BCUT2D eigenvalue weighted by molar-refractivity contribution is 6.15. The van der Waals surface area contributed by atoms with Crippen LogP contribution in [0.15, 0.2) is 46.1 Å². The molecule has 3 heterocycles. The number of ketones is 1. The number of morpholine rings is 1. The molecule has 1 fully saturated rings. The maximum Gasteiger partial charge on any atom is 0.290 e. The number of hydrogen-bond donors (Lipinski definition) is 1. The number of benzene rings is 1. The van der Waals surface area contributed by atoms with E-state index in [1.807, 2.05) is 6.07 Å². The van der Waals surface area contributed by atoms with Crippen LogP contribution in [0.25, 0.3) is 0 Å². The van der Waals surface area contributed by atoms with Crippen molar-refractivity contribution in [1.82, 2.24) is 9.80 Å². The van der Waals surface area contributed by atoms with Crippen LogP contribution in [0.1, 0.15) is 60.5 Å². The lowest BCUT2D eigenvalue weighted by molar-refractivity contribution is -0.129. The van der Waals surface area contributed by atoms with Crippen LogP contribution in [0.4, 0.5) is 0 Å². The van der Waals surface area contributed by atoms with Crippen molar-refractivity contribution in [2.75, 3.05) is 53.1 Å². The first kappa shape index (κ1) is 27.7. The van der Waals surface area contributed by atoms with Gasteiger partial charge < -0.3 is 28.6 Å². The van der Waals surface area contributed by atoms with Gasteiger partial charge in [-0.3, -0.25) is 14.5 Å². The van der Waals surface area contributed by atoms with Crippen LogP contribution < -0.4 is 9.47 Å². The molecule has 1 N–H and O–H groups in total. The predicted octanol–water partition coefficient (Wildman–Crippen LogP) is 4.47. The highest BCUT2D eigenvalue weighted by atomic mass is 16.5. The normalized spacial score (nSPS) is 18.3. The van der Waals surface area contributed by atoms with Crippen LogP contribution in [0.3, 0.4) is 0 Å². The molecule has 9 heteroatoms. The van der Waals surface area contributed by atoms with E-state index in [9.17, 15) is 14.7 Å². The summed E-state index contributed by atoms with van der Waals surface area (Å²) in [6.45, 7) is 8.69. The lowest BCUT2D eigenvalue weighted by Crippen LogP contribution is -2.39. The van der Waals surface area contributed by atoms with Crippen LogP contribution >= 0.6 is 0 Å². The molecule has 0 saturated carbocycles. The third-order valence-electron chi connectivity index (χ3n) is 7.00. The number of nitrogens with zero attached hydrogens (tertiary/aromatic N) is 2. The highest BCUT2D eigenvalue weighted by Gasteiger charge is 2.44. The van der Waals surface area contributed by atoms with Gasteiger partial charge in [0.15, 0.2) is 23.0 Å². The van der Waals surface area contributed by atoms with E-state index in [-0.39, 0.29) is 11.3 Å². The predicted molar refractivity (Wildman–Crippen MR) is 142 cm³/mol. The van der Waals surface area contributed by atoms with Gasteiger partial charge in [0.2, 0.25) is 5.78 Å². The zero-order chi connectivity index (χ0) is 27.1. The van der Waals surface area contributed by atoms with Crippen molar-refractivity contribution < 1.29 is 33.3 Å². The van der Waals surface area contributed by atoms with E-state index in [1.165, 1.54) is 0 Å². The largest absolute Gasteiger partial charge is 0.503 e. The molecule has 0 spiro atoms. The summed E-state index contributed by atoms with van der Waals surface area (Å²) >= 11 is 0. The number of carbonyl (C=O) groups excluding carboxylic acids is 2. The Hall–Kier alpha value is -3.30. The minimum absolute atomic E-state index is 0.00869. The zero-order valence-electron chi connectivity index (χ0n) is 22.5. The van der Waals surface area contributed by atoms with E-state index < -0.39 is 23.5 Å². The van der Waals surface area contributed by atoms with E-state index in [2.05, 4.69) is 11.8 Å². The summed E-state index contributed by atoms with van der Waals surface area (Å²) in [4.78, 5) is 30.7. The molecule has 1 unspecified atom stereocenters. The highest BCUT2D eigenvalue weighted by Crippen LogP contribution is 2.42. The standard InChI is InChI=1S/C29H38N2O7/c1-4-5-6-16-37-22-11-9-21(19-24(22)35-3)26-25(27(32)23-10-8-20(2)38-23)28(33)29(34)31(26)13-7-12-30-14-17-36-18-15-30/h8-11,19,26,33H,4-7,12-18H2,1-3H3. The van der Waals surface area contributed by atoms with Gasteiger partial charge in [0, 0.05) is 26.2 Å². The minimum Gasteiger partial charge on any atom is -0.503 e. The third kappa shape index (κ3) is 6.22. The van der Waals surface area contributed by atoms with Gasteiger partial charge >= 0.3 is 0 Å². The van der Waals surface area contributed by atoms with Crippen LogP contribution in [0.2, 0.25) is 0 Å². The Bertz CT molecular complexity index is 1150. The van der Waals surface area contributed by atoms with Crippen LogP contribution in [0, 0.1) is 6.92 Å². The Labute approximate surface area is 223 Å². The molecule has 206 valence electrons. The number of aliphatic hydroxyl groups excluding tert-OH is 1. The molecule has 38 heavy (non-hydrogen) atoms. The number of carbonyl (C=O) groups is 2. The second kappa shape index (κ2) is 13.0. The van der Waals surface area contributed by atoms with Crippen molar-refractivity contribution >= 4 is 11.7 Å². The number of hydrogen-bond acceptors (Lipinski definition) is 8. The minimum atomic E-state index is -0.784. The van der Waals surface area contributed by atoms with Gasteiger partial charge in [0.05, 0.1) is 38.5 Å². The summed E-state index contributed by atoms with van der Waals surface area (Å²) in [6, 6.07) is 7.86. The summed E-state index contributed by atoms with van der Waals surface area (Å²) < 4.78 is 22.5. The van der Waals surface area contributed by atoms with E-state index in [0.717, 1.165) is 38.9 Å². The van der Waals surface area contributed by atoms with Crippen molar-refractivity contribution in [1.29, 1.82) is 0 Å². The summed E-state index contributed by atoms with van der Waals surface area (Å²) in [5, 5.41) is 10.9. The molecule has 0 bridgehead atoms. The molecule has 0 radical (unpaired) electrons. The topological polar surface area (TPSA) is 102 Å². The fraction of sp³-hybridized carbons (Fsp3) is 0.517. The van der Waals surface area contributed by atoms with Gasteiger partial charge in [0.25, 0.3) is 5.91 Å². The molecular formula is C29H38N2O7. The molecule has 4 rings (SSSR count). The van der Waals surface area contributed by atoms with Gasteiger partial charge in [-0.05, 0) is 49.6 Å². The first-order valence-corrected chi connectivity index (χ1v) is 13.4. The number of amides is 1. The van der Waals surface area contributed by atoms with E-state index >= 15 is 0 Å². The lowest BCUT2D eigenvalue weighted by Gasteiger charge is -2.30. The molecule has 2 aliphatic rings. The number of aliphatic hydroxyl groups is 1. The SMILES string of the molecule is CCCCCOc1ccc(C2C(C(=O)c3ccc(C)o3)=C(O)C(=O)N2CCCN2CCOCC2)cc1OC. The van der Waals surface area contributed by atoms with Crippen molar-refractivity contribution in [2.45, 2.75) is 45.6 Å². The van der Waals surface area contributed by atoms with Crippen LogP contribution in [-0.4, -0.2) is 79.7 Å². The second-order valence-corrected chi connectivity index (χ2v) is 9.68. The van der Waals surface area contributed by atoms with Crippen molar-refractivity contribution in [2.24, 2.45) is 0 Å². The van der Waals surface area contributed by atoms with Gasteiger partial charge in [-0.15, -0.1) is 0 Å². The average molecular weight is 527 g/mol. The van der Waals surface area contributed by atoms with Gasteiger partial charge in [-0.1, -0.05) is 25.8 Å². The lowest BCUT2D eigenvalue weighted by atomic mass is 9.94. The molecule has 2 aliphatic heterocycles. The Morgan fingerprint density at radius 1 is 1.08 bits per heavy atom. The number of Topliss-reactive ketones (excluding diaryl/α,β-unsaturated/α-hetero) is 1. The summed E-state index contributed by atoms with van der Waals surface area (Å²) in [7, 11) is 1.56. The maximum atomic E-state index is 13.5. The van der Waals surface area contributed by atoms with Gasteiger partial charge in [-0.25, -0.2) is 0 Å². The van der Waals surface area contributed by atoms with E-state index in [4.69, 9.17) is 18.6 Å². The summed E-state index contributed by atoms with van der Waals surface area (Å²) in [5.74, 6) is 0.137. The third-order valence-corrected chi connectivity index (χ3v) is 7.00. The maximum absolute atomic E-state index is 13.5. The zero-order valence-corrected chi connectivity index (χ0v) is 22.5. The van der Waals surface area contributed by atoms with Crippen molar-refractivity contribution in [3.8, 4) is 11.5 Å². The van der Waals surface area contributed by atoms with Crippen molar-refractivity contribution in [3.63, 3.8) is 0 Å². The quantitative estimate of drug-likeness (QED) is 0.301. The molecule has 1 atom stereocenters. The monoisotopic (exact) mass is 526 g/mol. The molecule has 9 nitrogen and oxygen atoms in total. The summed E-state index contributed by atoms with van der Waals surface area (Å²) in [6.07, 6.45) is 3.80. The molecule has 1 saturated heterocycles. The molecular weight excluding hydrogens is 488 g/mol. The smallest absolute Gasteiger partial charge is 0.290 e. The van der Waals surface area contributed by atoms with Crippen molar-refractivity contribution in [3.05, 3.63) is 58.7 Å². The number of methoxy groups -OCH3 is 1. The second-order valence-electron chi connectivity index (χ2n) is 9.68. The van der Waals surface area contributed by atoms with Crippen LogP contribution in [0.5, 0.6) is 11.5 Å². The first-order chi connectivity index (χ1) is 18.4. The number of ether oxygens (including phenoxy) is 3. The first-order valence-electron chi connectivity index (χ1n) is 13.4. The molecule has 2 aromatic rings. The number of rotatable bonds is 13.